The number of hydrogen-bond donors (Lipinski definition) is 1. The number of rotatable bonds is 2. The molecule has 0 aromatic heterocycles. The molecule has 6 nitrogen and oxygen atoms in total. The Balaban J connectivity index is 1.87. The molecular formula is C18H13N2O4. The summed E-state index contributed by atoms with van der Waals surface area (Å²) in [6.45, 7) is 0. The van der Waals surface area contributed by atoms with Crippen LogP contribution in [-0.4, -0.2) is 12.2 Å². The van der Waals surface area contributed by atoms with E-state index in [2.05, 4.69) is 5.32 Å². The van der Waals surface area contributed by atoms with Crippen LogP contribution in [0.3, 0.4) is 0 Å². The Kier molecular flexibility index (Phi) is 4.29. The van der Waals surface area contributed by atoms with Crippen molar-refractivity contribution in [2.75, 3.05) is 10.4 Å². The maximum atomic E-state index is 12.0. The minimum Gasteiger partial charge on any atom is -0.310 e. The van der Waals surface area contributed by atoms with Gasteiger partial charge in [-0.2, -0.15) is 0 Å². The van der Waals surface area contributed by atoms with E-state index < -0.39 is 12.2 Å². The van der Waals surface area contributed by atoms with Gasteiger partial charge in [0.1, 0.15) is 0 Å². The molecule has 0 saturated carbocycles. The summed E-state index contributed by atoms with van der Waals surface area (Å²) in [4.78, 5) is 28.3. The topological polar surface area (TPSA) is 78.5 Å². The van der Waals surface area contributed by atoms with Crippen molar-refractivity contribution in [1.29, 1.82) is 0 Å². The van der Waals surface area contributed by atoms with E-state index in [9.17, 15) is 14.7 Å². The SMILES string of the molecule is [O]C(=O)N(OC(=O)Nc1ccccc1)c1cccc2ccccc12. The molecule has 0 aliphatic heterocycles. The van der Waals surface area contributed by atoms with Gasteiger partial charge in [0.05, 0.1) is 5.69 Å². The van der Waals surface area contributed by atoms with Crippen LogP contribution < -0.4 is 10.4 Å². The summed E-state index contributed by atoms with van der Waals surface area (Å²) >= 11 is 0. The van der Waals surface area contributed by atoms with Gasteiger partial charge >= 0.3 is 12.2 Å². The van der Waals surface area contributed by atoms with Gasteiger partial charge in [0.25, 0.3) is 0 Å². The van der Waals surface area contributed by atoms with Crippen molar-refractivity contribution in [3.05, 3.63) is 72.8 Å². The van der Waals surface area contributed by atoms with Crippen LogP contribution >= 0.6 is 0 Å². The molecule has 24 heavy (non-hydrogen) atoms. The average molecular weight is 321 g/mol. The number of hydroxylamine groups is 1. The normalized spacial score (nSPS) is 10.2. The van der Waals surface area contributed by atoms with Crippen molar-refractivity contribution in [2.45, 2.75) is 0 Å². The quantitative estimate of drug-likeness (QED) is 0.712. The molecule has 6 heteroatoms. The molecule has 0 saturated heterocycles. The van der Waals surface area contributed by atoms with Crippen LogP contribution in [0.4, 0.5) is 21.0 Å². The number of para-hydroxylation sites is 1. The van der Waals surface area contributed by atoms with Gasteiger partial charge in [-0.15, -0.1) is 0 Å². The largest absolute Gasteiger partial charge is 0.490 e. The Morgan fingerprint density at radius 3 is 2.25 bits per heavy atom. The summed E-state index contributed by atoms with van der Waals surface area (Å²) in [7, 11) is 0. The number of nitrogens with one attached hydrogen (secondary N) is 1. The lowest BCUT2D eigenvalue weighted by molar-refractivity contribution is 0.114. The van der Waals surface area contributed by atoms with Crippen LogP contribution in [-0.2, 0) is 9.94 Å². The molecule has 2 amide bonds. The van der Waals surface area contributed by atoms with Gasteiger partial charge in [-0.3, -0.25) is 5.32 Å². The van der Waals surface area contributed by atoms with Crippen LogP contribution in [0.2, 0.25) is 0 Å². The fraction of sp³-hybridized carbons (Fsp3) is 0. The summed E-state index contributed by atoms with van der Waals surface area (Å²) < 4.78 is 0. The first-order valence-electron chi connectivity index (χ1n) is 7.18. The fourth-order valence-corrected chi connectivity index (χ4v) is 2.32. The summed E-state index contributed by atoms with van der Waals surface area (Å²) in [5.74, 6) is 0. The van der Waals surface area contributed by atoms with Gasteiger partial charge in [0, 0.05) is 11.1 Å². The monoisotopic (exact) mass is 321 g/mol. The highest BCUT2D eigenvalue weighted by molar-refractivity contribution is 6.01. The molecule has 3 aromatic rings. The first-order chi connectivity index (χ1) is 11.6. The van der Waals surface area contributed by atoms with Crippen molar-refractivity contribution in [3.63, 3.8) is 0 Å². The number of amides is 2. The average Bonchev–Trinajstić information content (AvgIpc) is 2.60. The van der Waals surface area contributed by atoms with Crippen LogP contribution in [0.25, 0.3) is 10.8 Å². The van der Waals surface area contributed by atoms with Crippen LogP contribution in [0.5, 0.6) is 0 Å². The van der Waals surface area contributed by atoms with Gasteiger partial charge in [-0.25, -0.2) is 14.7 Å². The highest BCUT2D eigenvalue weighted by atomic mass is 16.7. The molecule has 0 unspecified atom stereocenters. The third-order valence-corrected chi connectivity index (χ3v) is 3.35. The molecule has 119 valence electrons. The maximum Gasteiger partial charge on any atom is 0.490 e. The molecule has 0 aliphatic carbocycles. The van der Waals surface area contributed by atoms with Crippen molar-refractivity contribution < 1.29 is 19.5 Å². The van der Waals surface area contributed by atoms with Crippen LogP contribution in [0.1, 0.15) is 0 Å². The molecule has 0 bridgehead atoms. The Morgan fingerprint density at radius 2 is 1.50 bits per heavy atom. The highest BCUT2D eigenvalue weighted by Crippen LogP contribution is 2.27. The van der Waals surface area contributed by atoms with E-state index in [1.54, 1.807) is 48.5 Å². The first-order valence-corrected chi connectivity index (χ1v) is 7.18. The van der Waals surface area contributed by atoms with Crippen molar-refractivity contribution >= 4 is 34.3 Å². The molecule has 0 aliphatic rings. The lowest BCUT2D eigenvalue weighted by atomic mass is 10.1. The highest BCUT2D eigenvalue weighted by Gasteiger charge is 2.23. The lowest BCUT2D eigenvalue weighted by Gasteiger charge is -2.18. The maximum absolute atomic E-state index is 12.0. The second-order valence-corrected chi connectivity index (χ2v) is 4.93. The van der Waals surface area contributed by atoms with E-state index in [-0.39, 0.29) is 5.69 Å². The second-order valence-electron chi connectivity index (χ2n) is 4.93. The number of fused-ring (bicyclic) bond motifs is 1. The van der Waals surface area contributed by atoms with Gasteiger partial charge in [-0.05, 0) is 23.6 Å². The van der Waals surface area contributed by atoms with Gasteiger partial charge in [0.2, 0.25) is 0 Å². The van der Waals surface area contributed by atoms with Gasteiger partial charge in [-0.1, -0.05) is 59.7 Å². The van der Waals surface area contributed by atoms with Gasteiger partial charge < -0.3 is 4.84 Å². The summed E-state index contributed by atoms with van der Waals surface area (Å²) in [6, 6.07) is 20.8. The Labute approximate surface area is 137 Å². The van der Waals surface area contributed by atoms with Gasteiger partial charge in [0.15, 0.2) is 0 Å². The molecule has 1 radical (unpaired) electrons. The number of nitrogens with zero attached hydrogens (tertiary/aromatic N) is 1. The van der Waals surface area contributed by atoms with Crippen molar-refractivity contribution in [3.8, 4) is 0 Å². The molecular weight excluding hydrogens is 308 g/mol. The van der Waals surface area contributed by atoms with Crippen molar-refractivity contribution in [2.24, 2.45) is 0 Å². The van der Waals surface area contributed by atoms with E-state index in [0.29, 0.717) is 16.1 Å². The standard InChI is InChI=1S/C18H13N2O4/c21-17(19-14-9-2-1-3-10-14)24-20(18(22)23)16-12-6-8-13-7-4-5-11-15(13)16/h1-12H,(H,19,21). The van der Waals surface area contributed by atoms with E-state index in [1.807, 2.05) is 18.2 Å². The number of anilines is 2. The van der Waals surface area contributed by atoms with E-state index >= 15 is 0 Å². The first kappa shape index (κ1) is 15.4. The predicted molar refractivity (Wildman–Crippen MR) is 89.1 cm³/mol. The summed E-state index contributed by atoms with van der Waals surface area (Å²) in [5, 5.41) is 15.8. The summed E-state index contributed by atoms with van der Waals surface area (Å²) in [6.07, 6.45) is -2.58. The van der Waals surface area contributed by atoms with Crippen LogP contribution in [0.15, 0.2) is 72.8 Å². The fourth-order valence-electron chi connectivity index (χ4n) is 2.32. The molecule has 0 fully saturated rings. The predicted octanol–water partition coefficient (Wildman–Crippen LogP) is 4.36. The molecule has 0 heterocycles. The smallest absolute Gasteiger partial charge is 0.310 e. The zero-order valence-electron chi connectivity index (χ0n) is 12.5. The number of carbonyl (C=O) groups excluding carboxylic acids is 2. The number of carbonyl (C=O) groups is 2. The Bertz CT molecular complexity index is 875. The van der Waals surface area contributed by atoms with Crippen molar-refractivity contribution in [1.82, 2.24) is 0 Å². The molecule has 0 atom stereocenters. The third-order valence-electron chi connectivity index (χ3n) is 3.35. The molecule has 0 spiro atoms. The minimum atomic E-state index is -1.64. The number of hydrogen-bond acceptors (Lipinski definition) is 3. The lowest BCUT2D eigenvalue weighted by Crippen LogP contribution is -2.33. The molecule has 3 aromatic carbocycles. The second kappa shape index (κ2) is 6.70. The minimum absolute atomic E-state index is 0.205. The van der Waals surface area contributed by atoms with E-state index in [0.717, 1.165) is 5.39 Å². The Morgan fingerprint density at radius 1 is 0.833 bits per heavy atom. The molecule has 1 N–H and O–H groups in total. The van der Waals surface area contributed by atoms with Crippen LogP contribution in [0, 0.1) is 0 Å². The Hall–Kier alpha value is -3.54. The zero-order valence-corrected chi connectivity index (χ0v) is 12.5. The molecule has 3 rings (SSSR count). The summed E-state index contributed by atoms with van der Waals surface area (Å²) in [5.41, 5.74) is 0.690. The zero-order chi connectivity index (χ0) is 16.9. The number of benzene rings is 3. The van der Waals surface area contributed by atoms with E-state index in [4.69, 9.17) is 4.84 Å². The van der Waals surface area contributed by atoms with E-state index in [1.165, 1.54) is 6.07 Å². The third kappa shape index (κ3) is 3.27.